The number of phenolic OH excluding ortho intramolecular Hbond substituents is 2. The van der Waals surface area contributed by atoms with Gasteiger partial charge in [-0.15, -0.1) is 10.2 Å². The van der Waals surface area contributed by atoms with E-state index in [-0.39, 0.29) is 16.5 Å². The Balaban J connectivity index is 2.30. The topological polar surface area (TPSA) is 232 Å². The number of benzene rings is 3. The summed E-state index contributed by atoms with van der Waals surface area (Å²) in [6.07, 6.45) is 0. The molecule has 0 unspecified atom stereocenters. The Morgan fingerprint density at radius 2 is 1.55 bits per heavy atom. The molecular weight excluding hydrogens is 438 g/mol. The third-order valence-corrected chi connectivity index (χ3v) is 5.03. The number of nitrogen functional groups attached to an aromatic ring is 1. The first kappa shape index (κ1) is 21.3. The number of nitrogens with two attached hydrogens (primary N) is 1. The lowest BCUT2D eigenvalue weighted by molar-refractivity contribution is -0.394. The van der Waals surface area contributed by atoms with Crippen molar-refractivity contribution in [1.82, 2.24) is 0 Å². The van der Waals surface area contributed by atoms with Crippen LogP contribution >= 0.6 is 0 Å². The van der Waals surface area contributed by atoms with Gasteiger partial charge >= 0.3 is 11.4 Å². The Labute approximate surface area is 171 Å². The van der Waals surface area contributed by atoms with E-state index in [0.29, 0.717) is 12.1 Å². The number of hydrogen-bond donors (Lipinski definition) is 4. The second-order valence-electron chi connectivity index (χ2n) is 6.03. The van der Waals surface area contributed by atoms with Crippen molar-refractivity contribution in [3.63, 3.8) is 0 Å². The van der Waals surface area contributed by atoms with Gasteiger partial charge in [0.1, 0.15) is 22.4 Å². The van der Waals surface area contributed by atoms with Crippen molar-refractivity contribution in [3.8, 4) is 11.5 Å². The zero-order valence-corrected chi connectivity index (χ0v) is 15.8. The van der Waals surface area contributed by atoms with Gasteiger partial charge in [-0.2, -0.15) is 8.42 Å². The molecule has 160 valence electrons. The van der Waals surface area contributed by atoms with Gasteiger partial charge in [0.2, 0.25) is 0 Å². The van der Waals surface area contributed by atoms with Gasteiger partial charge in [0.25, 0.3) is 10.1 Å². The number of phenols is 2. The van der Waals surface area contributed by atoms with Gasteiger partial charge in [0.05, 0.1) is 9.85 Å². The Bertz CT molecular complexity index is 1400. The van der Waals surface area contributed by atoms with Crippen LogP contribution in [-0.2, 0) is 10.1 Å². The first-order chi connectivity index (χ1) is 14.4. The maximum absolute atomic E-state index is 12.0. The van der Waals surface area contributed by atoms with Gasteiger partial charge in [-0.05, 0) is 12.1 Å². The highest BCUT2D eigenvalue weighted by atomic mass is 32.2. The molecule has 5 N–H and O–H groups in total. The molecule has 0 atom stereocenters. The van der Waals surface area contributed by atoms with Crippen molar-refractivity contribution in [2.45, 2.75) is 4.90 Å². The normalized spacial score (nSPS) is 11.8. The van der Waals surface area contributed by atoms with Gasteiger partial charge in [-0.1, -0.05) is 12.1 Å². The molecule has 3 aromatic carbocycles. The second-order valence-corrected chi connectivity index (χ2v) is 7.39. The highest BCUT2D eigenvalue weighted by Gasteiger charge is 2.27. The van der Waals surface area contributed by atoms with Gasteiger partial charge in [-0.3, -0.25) is 24.8 Å². The summed E-state index contributed by atoms with van der Waals surface area (Å²) in [7, 11) is -5.00. The average Bonchev–Trinajstić information content (AvgIpc) is 2.65. The smallest absolute Gasteiger partial charge is 0.317 e. The van der Waals surface area contributed by atoms with Crippen molar-refractivity contribution < 1.29 is 33.0 Å². The average molecular weight is 449 g/mol. The molecule has 0 saturated heterocycles. The van der Waals surface area contributed by atoms with Gasteiger partial charge in [0, 0.05) is 22.5 Å². The van der Waals surface area contributed by atoms with Gasteiger partial charge in [-0.25, -0.2) is 0 Å². The number of hydrogen-bond acceptors (Lipinski definition) is 11. The fourth-order valence-corrected chi connectivity index (χ4v) is 3.63. The molecule has 0 amide bonds. The van der Waals surface area contributed by atoms with Crippen LogP contribution < -0.4 is 5.73 Å². The van der Waals surface area contributed by atoms with E-state index in [4.69, 9.17) is 5.73 Å². The molecule has 15 heteroatoms. The summed E-state index contributed by atoms with van der Waals surface area (Å²) in [5.74, 6) is -1.74. The molecule has 0 bridgehead atoms. The molecule has 3 aromatic rings. The van der Waals surface area contributed by atoms with Crippen LogP contribution in [0.2, 0.25) is 0 Å². The van der Waals surface area contributed by atoms with Crippen molar-refractivity contribution in [2.75, 3.05) is 5.73 Å². The molecule has 0 aromatic heterocycles. The molecular formula is C16H11N5O9S. The number of aromatic hydroxyl groups is 2. The van der Waals surface area contributed by atoms with Crippen LogP contribution in [0.5, 0.6) is 11.5 Å². The molecule has 0 saturated carbocycles. The fourth-order valence-electron chi connectivity index (χ4n) is 2.78. The minimum absolute atomic E-state index is 0.0746. The molecule has 3 rings (SSSR count). The van der Waals surface area contributed by atoms with Crippen molar-refractivity contribution in [3.05, 3.63) is 56.6 Å². The third kappa shape index (κ3) is 3.89. The van der Waals surface area contributed by atoms with E-state index in [1.54, 1.807) is 0 Å². The predicted octanol–water partition coefficient (Wildman–Crippen LogP) is 3.31. The highest BCUT2D eigenvalue weighted by Crippen LogP contribution is 2.44. The molecule has 0 spiro atoms. The lowest BCUT2D eigenvalue weighted by Gasteiger charge is -2.10. The lowest BCUT2D eigenvalue weighted by atomic mass is 10.1. The van der Waals surface area contributed by atoms with E-state index in [0.717, 1.165) is 6.07 Å². The van der Waals surface area contributed by atoms with Crippen LogP contribution in [0.1, 0.15) is 0 Å². The molecule has 0 aliphatic rings. The van der Waals surface area contributed by atoms with Crippen LogP contribution in [0.4, 0.5) is 28.4 Å². The van der Waals surface area contributed by atoms with E-state index in [1.165, 1.54) is 18.2 Å². The predicted molar refractivity (Wildman–Crippen MR) is 105 cm³/mol. The Hall–Kier alpha value is -4.37. The summed E-state index contributed by atoms with van der Waals surface area (Å²) in [6, 6.07) is 6.13. The summed E-state index contributed by atoms with van der Waals surface area (Å²) in [6.45, 7) is 0. The summed E-state index contributed by atoms with van der Waals surface area (Å²) < 4.78 is 33.6. The molecule has 0 aliphatic heterocycles. The SMILES string of the molecule is Nc1cccc2c(S(=O)(=O)O)c(N=Nc3cc(O)c([N+](=O)[O-])cc3[N+](=O)[O-])c(O)cc12. The molecule has 0 fully saturated rings. The van der Waals surface area contributed by atoms with E-state index in [1.807, 2.05) is 0 Å². The standard InChI is InChI=1S/C16H11N5O9S/c17-9-3-1-2-7-8(9)4-14(23)15(16(7)31(28,29)30)19-18-10-5-13(22)12(21(26)27)6-11(10)20(24)25/h1-6,22-23H,17H2,(H,28,29,30). The van der Waals surface area contributed by atoms with E-state index in [9.17, 15) is 43.4 Å². The minimum Gasteiger partial charge on any atom is -0.506 e. The molecule has 0 radical (unpaired) electrons. The quantitative estimate of drug-likeness (QED) is 0.146. The number of anilines is 1. The Kier molecular flexibility index (Phi) is 5.14. The van der Waals surface area contributed by atoms with Crippen molar-refractivity contribution in [2.24, 2.45) is 10.2 Å². The first-order valence-corrected chi connectivity index (χ1v) is 9.45. The zero-order chi connectivity index (χ0) is 23.1. The third-order valence-electron chi connectivity index (χ3n) is 4.10. The lowest BCUT2D eigenvalue weighted by Crippen LogP contribution is -2.01. The maximum atomic E-state index is 12.0. The van der Waals surface area contributed by atoms with Crippen LogP contribution in [-0.4, -0.2) is 33.0 Å². The number of fused-ring (bicyclic) bond motifs is 1. The number of azo groups is 1. The largest absolute Gasteiger partial charge is 0.506 e. The molecule has 0 heterocycles. The van der Waals surface area contributed by atoms with E-state index < -0.39 is 59.1 Å². The first-order valence-electron chi connectivity index (χ1n) is 8.01. The molecule has 31 heavy (non-hydrogen) atoms. The Morgan fingerprint density at radius 3 is 2.13 bits per heavy atom. The fraction of sp³-hybridized carbons (Fsp3) is 0. The van der Waals surface area contributed by atoms with Crippen molar-refractivity contribution >= 4 is 49.3 Å². The monoisotopic (exact) mass is 449 g/mol. The summed E-state index contributed by atoms with van der Waals surface area (Å²) in [4.78, 5) is 19.1. The number of nitrogens with zero attached hydrogens (tertiary/aromatic N) is 4. The highest BCUT2D eigenvalue weighted by molar-refractivity contribution is 7.86. The zero-order valence-electron chi connectivity index (χ0n) is 15.0. The van der Waals surface area contributed by atoms with E-state index in [2.05, 4.69) is 10.2 Å². The van der Waals surface area contributed by atoms with Crippen LogP contribution in [0.3, 0.4) is 0 Å². The van der Waals surface area contributed by atoms with E-state index >= 15 is 0 Å². The maximum Gasteiger partial charge on any atom is 0.317 e. The Morgan fingerprint density at radius 1 is 0.903 bits per heavy atom. The van der Waals surface area contributed by atoms with Gasteiger partial charge in [0.15, 0.2) is 11.4 Å². The minimum atomic E-state index is -5.00. The van der Waals surface area contributed by atoms with Gasteiger partial charge < -0.3 is 15.9 Å². The number of nitro groups is 2. The molecule has 0 aliphatic carbocycles. The van der Waals surface area contributed by atoms with Crippen LogP contribution in [0, 0.1) is 20.2 Å². The van der Waals surface area contributed by atoms with Crippen molar-refractivity contribution in [1.29, 1.82) is 0 Å². The number of rotatable bonds is 5. The summed E-state index contributed by atoms with van der Waals surface area (Å²) in [5.41, 5.74) is 2.50. The van der Waals surface area contributed by atoms with Crippen LogP contribution in [0.25, 0.3) is 10.8 Å². The summed E-state index contributed by atoms with van der Waals surface area (Å²) >= 11 is 0. The number of nitro benzene ring substituents is 2. The summed E-state index contributed by atoms with van der Waals surface area (Å²) in [5, 5.41) is 49.0. The second kappa shape index (κ2) is 7.47. The van der Waals surface area contributed by atoms with Crippen LogP contribution in [0.15, 0.2) is 51.5 Å². The molecule has 14 nitrogen and oxygen atoms in total.